The average molecular weight is 334 g/mol. The Hall–Kier alpha value is -2.01. The second kappa shape index (κ2) is 8.20. The molecule has 1 aliphatic rings. The van der Waals surface area contributed by atoms with Gasteiger partial charge in [-0.3, -0.25) is 0 Å². The van der Waals surface area contributed by atoms with Crippen LogP contribution in [0.25, 0.3) is 6.08 Å². The van der Waals surface area contributed by atoms with E-state index in [0.717, 1.165) is 31.5 Å². The molecule has 24 heavy (non-hydrogen) atoms. The number of ether oxygens (including phenoxy) is 3. The Balaban J connectivity index is 1.99. The summed E-state index contributed by atoms with van der Waals surface area (Å²) in [6, 6.07) is 5.50. The number of carbonyl (C=O) groups excluding carboxylic acids is 1. The largest absolute Gasteiger partial charge is 0.493 e. The maximum absolute atomic E-state index is 12.2. The molecule has 0 aliphatic carbocycles. The first-order chi connectivity index (χ1) is 11.5. The molecule has 0 aromatic heterocycles. The third-order valence-corrected chi connectivity index (χ3v) is 4.60. The number of piperidine rings is 1. The van der Waals surface area contributed by atoms with E-state index in [1.54, 1.807) is 20.3 Å². The van der Waals surface area contributed by atoms with Crippen molar-refractivity contribution in [2.45, 2.75) is 32.3 Å². The third kappa shape index (κ3) is 4.74. The SMILES string of the molecule is COc1ccc(/C=C/C(=O)OC(C)(C)C2CC[NH2+]CC2)cc1OC. The highest BCUT2D eigenvalue weighted by Crippen LogP contribution is 2.29. The first-order valence-electron chi connectivity index (χ1n) is 8.41. The number of methoxy groups -OCH3 is 2. The average Bonchev–Trinajstić information content (AvgIpc) is 2.60. The van der Waals surface area contributed by atoms with Crippen molar-refractivity contribution in [2.75, 3.05) is 27.3 Å². The van der Waals surface area contributed by atoms with Gasteiger partial charge in [0.05, 0.1) is 27.3 Å². The maximum Gasteiger partial charge on any atom is 0.331 e. The van der Waals surface area contributed by atoms with Crippen molar-refractivity contribution in [3.8, 4) is 11.5 Å². The van der Waals surface area contributed by atoms with Crippen molar-refractivity contribution in [1.29, 1.82) is 0 Å². The zero-order valence-electron chi connectivity index (χ0n) is 15.0. The molecule has 1 aromatic rings. The van der Waals surface area contributed by atoms with Crippen molar-refractivity contribution in [2.24, 2.45) is 5.92 Å². The predicted octanol–water partition coefficient (Wildman–Crippen LogP) is 2.01. The zero-order chi connectivity index (χ0) is 17.6. The molecule has 5 nitrogen and oxygen atoms in total. The molecule has 2 rings (SSSR count). The molecule has 2 N–H and O–H groups in total. The van der Waals surface area contributed by atoms with Gasteiger partial charge in [-0.2, -0.15) is 0 Å². The number of hydrogen-bond donors (Lipinski definition) is 1. The van der Waals surface area contributed by atoms with Crippen molar-refractivity contribution in [1.82, 2.24) is 0 Å². The van der Waals surface area contributed by atoms with Crippen LogP contribution in [-0.4, -0.2) is 38.9 Å². The van der Waals surface area contributed by atoms with E-state index in [1.807, 2.05) is 32.0 Å². The smallest absolute Gasteiger partial charge is 0.331 e. The van der Waals surface area contributed by atoms with Crippen LogP contribution < -0.4 is 14.8 Å². The predicted molar refractivity (Wildman–Crippen MR) is 93.1 cm³/mol. The van der Waals surface area contributed by atoms with Gasteiger partial charge < -0.3 is 19.5 Å². The molecule has 0 bridgehead atoms. The molecule has 1 heterocycles. The molecule has 0 spiro atoms. The number of benzene rings is 1. The fourth-order valence-corrected chi connectivity index (χ4v) is 3.12. The fraction of sp³-hybridized carbons (Fsp3) is 0.526. The standard InChI is InChI=1S/C19H27NO4/c1-19(2,15-9-11-20-12-10-15)24-18(21)8-6-14-5-7-16(22-3)17(13-14)23-4/h5-8,13,15,20H,9-12H2,1-4H3/p+1/b8-6+. The molecular formula is C19H28NO4+. The Kier molecular flexibility index (Phi) is 6.26. The molecule has 5 heteroatoms. The molecule has 1 fully saturated rings. The Morgan fingerprint density at radius 1 is 1.17 bits per heavy atom. The summed E-state index contributed by atoms with van der Waals surface area (Å²) in [5.74, 6) is 1.39. The number of carbonyl (C=O) groups is 1. The Labute approximate surface area is 144 Å². The number of nitrogens with two attached hydrogens (primary N) is 1. The highest BCUT2D eigenvalue weighted by molar-refractivity contribution is 5.87. The van der Waals surface area contributed by atoms with Crippen LogP contribution in [0.2, 0.25) is 0 Å². The van der Waals surface area contributed by atoms with E-state index in [-0.39, 0.29) is 5.97 Å². The normalized spacial score (nSPS) is 16.2. The molecule has 0 saturated carbocycles. The molecule has 0 atom stereocenters. The summed E-state index contributed by atoms with van der Waals surface area (Å²) in [4.78, 5) is 12.2. The van der Waals surface area contributed by atoms with Gasteiger partial charge in [0.2, 0.25) is 0 Å². The van der Waals surface area contributed by atoms with Crippen LogP contribution in [0.3, 0.4) is 0 Å². The summed E-state index contributed by atoms with van der Waals surface area (Å²) in [7, 11) is 3.18. The van der Waals surface area contributed by atoms with Crippen LogP contribution in [0.5, 0.6) is 11.5 Å². The van der Waals surface area contributed by atoms with Crippen LogP contribution >= 0.6 is 0 Å². The van der Waals surface area contributed by atoms with Gasteiger partial charge in [-0.25, -0.2) is 4.79 Å². The summed E-state index contributed by atoms with van der Waals surface area (Å²) in [6.45, 7) is 6.22. The Bertz CT molecular complexity index is 589. The van der Waals surface area contributed by atoms with E-state index in [1.165, 1.54) is 6.08 Å². The third-order valence-electron chi connectivity index (χ3n) is 4.60. The van der Waals surface area contributed by atoms with Crippen LogP contribution in [0.15, 0.2) is 24.3 Å². The highest BCUT2D eigenvalue weighted by Gasteiger charge is 2.34. The van der Waals surface area contributed by atoms with Crippen molar-refractivity contribution >= 4 is 12.0 Å². The van der Waals surface area contributed by atoms with Crippen LogP contribution in [0.1, 0.15) is 32.3 Å². The highest BCUT2D eigenvalue weighted by atomic mass is 16.6. The lowest BCUT2D eigenvalue weighted by molar-refractivity contribution is -0.665. The summed E-state index contributed by atoms with van der Waals surface area (Å²) in [5, 5.41) is 2.31. The Morgan fingerprint density at radius 3 is 2.46 bits per heavy atom. The summed E-state index contributed by atoms with van der Waals surface area (Å²) in [5.41, 5.74) is 0.419. The topological polar surface area (TPSA) is 61.4 Å². The molecule has 0 radical (unpaired) electrons. The first-order valence-corrected chi connectivity index (χ1v) is 8.41. The number of rotatable bonds is 6. The molecule has 0 unspecified atom stereocenters. The zero-order valence-corrected chi connectivity index (χ0v) is 15.0. The van der Waals surface area contributed by atoms with E-state index < -0.39 is 5.60 Å². The summed E-state index contributed by atoms with van der Waals surface area (Å²) in [6.07, 6.45) is 5.37. The summed E-state index contributed by atoms with van der Waals surface area (Å²) < 4.78 is 16.2. The second-order valence-electron chi connectivity index (χ2n) is 6.61. The molecule has 1 saturated heterocycles. The minimum Gasteiger partial charge on any atom is -0.493 e. The van der Waals surface area contributed by atoms with Crippen LogP contribution in [-0.2, 0) is 9.53 Å². The van der Waals surface area contributed by atoms with Crippen molar-refractivity contribution < 1.29 is 24.3 Å². The minimum atomic E-state index is -0.437. The van der Waals surface area contributed by atoms with Gasteiger partial charge in [-0.1, -0.05) is 6.07 Å². The van der Waals surface area contributed by atoms with Gasteiger partial charge in [0.15, 0.2) is 11.5 Å². The van der Waals surface area contributed by atoms with Gasteiger partial charge in [-0.05, 0) is 37.6 Å². The number of quaternary nitrogens is 1. The number of esters is 1. The summed E-state index contributed by atoms with van der Waals surface area (Å²) >= 11 is 0. The van der Waals surface area contributed by atoms with E-state index in [4.69, 9.17) is 14.2 Å². The Morgan fingerprint density at radius 2 is 1.83 bits per heavy atom. The van der Waals surface area contributed by atoms with E-state index in [2.05, 4.69) is 5.32 Å². The van der Waals surface area contributed by atoms with Crippen molar-refractivity contribution in [3.05, 3.63) is 29.8 Å². The lowest BCUT2D eigenvalue weighted by atomic mass is 9.83. The lowest BCUT2D eigenvalue weighted by Crippen LogP contribution is -2.86. The van der Waals surface area contributed by atoms with E-state index >= 15 is 0 Å². The van der Waals surface area contributed by atoms with Crippen LogP contribution in [0.4, 0.5) is 0 Å². The molecule has 0 amide bonds. The minimum absolute atomic E-state index is 0.315. The second-order valence-corrected chi connectivity index (χ2v) is 6.61. The first kappa shape index (κ1) is 18.3. The van der Waals surface area contributed by atoms with Gasteiger partial charge in [0, 0.05) is 24.8 Å². The molecular weight excluding hydrogens is 306 g/mol. The van der Waals surface area contributed by atoms with E-state index in [0.29, 0.717) is 17.4 Å². The van der Waals surface area contributed by atoms with Gasteiger partial charge in [0.1, 0.15) is 5.60 Å². The van der Waals surface area contributed by atoms with E-state index in [9.17, 15) is 4.79 Å². The van der Waals surface area contributed by atoms with Gasteiger partial charge in [0.25, 0.3) is 0 Å². The quantitative estimate of drug-likeness (QED) is 0.639. The van der Waals surface area contributed by atoms with Gasteiger partial charge in [-0.15, -0.1) is 0 Å². The number of hydrogen-bond acceptors (Lipinski definition) is 4. The maximum atomic E-state index is 12.2. The molecule has 132 valence electrons. The molecule has 1 aliphatic heterocycles. The fourth-order valence-electron chi connectivity index (χ4n) is 3.12. The lowest BCUT2D eigenvalue weighted by Gasteiger charge is -2.35. The monoisotopic (exact) mass is 334 g/mol. The van der Waals surface area contributed by atoms with Crippen molar-refractivity contribution in [3.63, 3.8) is 0 Å². The van der Waals surface area contributed by atoms with Crippen LogP contribution in [0, 0.1) is 5.92 Å². The van der Waals surface area contributed by atoms with Gasteiger partial charge >= 0.3 is 5.97 Å². The molecule has 1 aromatic carbocycles.